The molecule has 1 amide bonds. The number of benzene rings is 1. The molecule has 6 heteroatoms. The fraction of sp³-hybridized carbons (Fsp3) is 0.471. The van der Waals surface area contributed by atoms with Crippen molar-refractivity contribution in [3.8, 4) is 5.69 Å². The van der Waals surface area contributed by atoms with Gasteiger partial charge < -0.3 is 4.90 Å². The van der Waals surface area contributed by atoms with Gasteiger partial charge in [-0.3, -0.25) is 9.36 Å². The van der Waals surface area contributed by atoms with Gasteiger partial charge in [0.25, 0.3) is 0 Å². The van der Waals surface area contributed by atoms with Crippen LogP contribution in [0.4, 0.5) is 0 Å². The van der Waals surface area contributed by atoms with Crippen molar-refractivity contribution in [2.75, 3.05) is 13.1 Å². The van der Waals surface area contributed by atoms with E-state index in [1.165, 1.54) is 17.3 Å². The molecule has 5 nitrogen and oxygen atoms in total. The van der Waals surface area contributed by atoms with Crippen LogP contribution in [0.5, 0.6) is 0 Å². The van der Waals surface area contributed by atoms with Gasteiger partial charge in [-0.25, -0.2) is 0 Å². The van der Waals surface area contributed by atoms with Gasteiger partial charge in [-0.15, -0.1) is 10.2 Å². The summed E-state index contributed by atoms with van der Waals surface area (Å²) in [7, 11) is 0. The molecule has 0 saturated carbocycles. The van der Waals surface area contributed by atoms with Crippen LogP contribution in [-0.2, 0) is 4.79 Å². The van der Waals surface area contributed by atoms with Crippen molar-refractivity contribution in [2.24, 2.45) is 0 Å². The number of hydrogen-bond acceptors (Lipinski definition) is 4. The normalized spacial score (nSPS) is 15.9. The van der Waals surface area contributed by atoms with E-state index in [0.29, 0.717) is 0 Å². The topological polar surface area (TPSA) is 51.0 Å². The summed E-state index contributed by atoms with van der Waals surface area (Å²) in [6.07, 6.45) is 2.23. The van der Waals surface area contributed by atoms with Gasteiger partial charge in [-0.2, -0.15) is 0 Å². The van der Waals surface area contributed by atoms with Crippen molar-refractivity contribution in [2.45, 2.75) is 44.0 Å². The molecule has 1 aromatic carbocycles. The lowest BCUT2D eigenvalue weighted by molar-refractivity contribution is -0.129. The molecule has 2 aromatic rings. The van der Waals surface area contributed by atoms with Crippen LogP contribution in [-0.4, -0.2) is 43.9 Å². The average Bonchev–Trinajstić information content (AvgIpc) is 3.18. The molecular formula is C17H22N4OS. The number of nitrogens with zero attached hydrogens (tertiary/aromatic N) is 4. The van der Waals surface area contributed by atoms with Gasteiger partial charge in [-0.05, 0) is 45.7 Å². The van der Waals surface area contributed by atoms with E-state index < -0.39 is 0 Å². The SMILES string of the molecule is Cc1ccc(-n2c(C)nnc2S[C@H](C)C(=O)N2CCCC2)cc1. The lowest BCUT2D eigenvalue weighted by atomic mass is 10.2. The zero-order chi connectivity index (χ0) is 16.4. The van der Waals surface area contributed by atoms with Gasteiger partial charge in [0.1, 0.15) is 5.82 Å². The lowest BCUT2D eigenvalue weighted by Gasteiger charge is -2.19. The Hall–Kier alpha value is -1.82. The van der Waals surface area contributed by atoms with Crippen molar-refractivity contribution in [3.05, 3.63) is 35.7 Å². The highest BCUT2D eigenvalue weighted by molar-refractivity contribution is 8.00. The standard InChI is InChI=1S/C17H22N4OS/c1-12-6-8-15(9-7-12)21-14(3)18-19-17(21)23-13(2)16(22)20-10-4-5-11-20/h6-9,13H,4-5,10-11H2,1-3H3/t13-/m1/s1. The maximum Gasteiger partial charge on any atom is 0.235 e. The fourth-order valence-electron chi connectivity index (χ4n) is 2.81. The molecule has 2 heterocycles. The van der Waals surface area contributed by atoms with Gasteiger partial charge >= 0.3 is 0 Å². The molecule has 1 saturated heterocycles. The minimum atomic E-state index is -0.152. The molecule has 1 aliphatic rings. The van der Waals surface area contributed by atoms with Crippen LogP contribution in [0.1, 0.15) is 31.2 Å². The molecule has 1 aromatic heterocycles. The number of hydrogen-bond donors (Lipinski definition) is 0. The molecular weight excluding hydrogens is 308 g/mol. The minimum Gasteiger partial charge on any atom is -0.342 e. The Balaban J connectivity index is 1.80. The van der Waals surface area contributed by atoms with Crippen LogP contribution in [0.25, 0.3) is 5.69 Å². The summed E-state index contributed by atoms with van der Waals surface area (Å²) in [4.78, 5) is 14.5. The zero-order valence-electron chi connectivity index (χ0n) is 13.8. The van der Waals surface area contributed by atoms with Gasteiger partial charge in [-0.1, -0.05) is 29.5 Å². The van der Waals surface area contributed by atoms with Crippen LogP contribution < -0.4 is 0 Å². The second kappa shape index (κ2) is 6.74. The molecule has 0 bridgehead atoms. The quantitative estimate of drug-likeness (QED) is 0.809. The van der Waals surface area contributed by atoms with Crippen LogP contribution in [0.3, 0.4) is 0 Å². The third-order valence-electron chi connectivity index (χ3n) is 4.14. The molecule has 0 spiro atoms. The summed E-state index contributed by atoms with van der Waals surface area (Å²) < 4.78 is 2.01. The van der Waals surface area contributed by atoms with E-state index in [1.807, 2.05) is 23.3 Å². The van der Waals surface area contributed by atoms with E-state index in [-0.39, 0.29) is 11.2 Å². The highest BCUT2D eigenvalue weighted by atomic mass is 32.2. The Bertz CT molecular complexity index is 689. The number of thioether (sulfide) groups is 1. The average molecular weight is 330 g/mol. The summed E-state index contributed by atoms with van der Waals surface area (Å²) in [5.74, 6) is 1.03. The maximum atomic E-state index is 12.5. The Morgan fingerprint density at radius 1 is 1.13 bits per heavy atom. The molecule has 0 unspecified atom stereocenters. The third kappa shape index (κ3) is 3.42. The summed E-state index contributed by atoms with van der Waals surface area (Å²) in [5.41, 5.74) is 2.24. The number of carbonyl (C=O) groups is 1. The molecule has 0 radical (unpaired) electrons. The Labute approximate surface area is 141 Å². The van der Waals surface area contributed by atoms with Crippen molar-refractivity contribution in [1.29, 1.82) is 0 Å². The van der Waals surface area contributed by atoms with E-state index >= 15 is 0 Å². The first-order valence-corrected chi connectivity index (χ1v) is 8.89. The smallest absolute Gasteiger partial charge is 0.235 e. The minimum absolute atomic E-state index is 0.152. The predicted molar refractivity (Wildman–Crippen MR) is 92.0 cm³/mol. The number of aryl methyl sites for hydroxylation is 2. The monoisotopic (exact) mass is 330 g/mol. The third-order valence-corrected chi connectivity index (χ3v) is 5.17. The second-order valence-corrected chi connectivity index (χ2v) is 7.30. The number of carbonyl (C=O) groups excluding carboxylic acids is 1. The number of aromatic nitrogens is 3. The first kappa shape index (κ1) is 16.1. The van der Waals surface area contributed by atoms with Crippen LogP contribution >= 0.6 is 11.8 Å². The number of amides is 1. The largest absolute Gasteiger partial charge is 0.342 e. The second-order valence-electron chi connectivity index (χ2n) is 5.99. The molecule has 23 heavy (non-hydrogen) atoms. The molecule has 3 rings (SSSR count). The Morgan fingerprint density at radius 3 is 2.43 bits per heavy atom. The van der Waals surface area contributed by atoms with Crippen molar-refractivity contribution >= 4 is 17.7 Å². The zero-order valence-corrected chi connectivity index (χ0v) is 14.6. The summed E-state index contributed by atoms with van der Waals surface area (Å²) in [6.45, 7) is 7.72. The first-order chi connectivity index (χ1) is 11.1. The van der Waals surface area contributed by atoms with E-state index in [2.05, 4.69) is 41.4 Å². The Morgan fingerprint density at radius 2 is 1.78 bits per heavy atom. The lowest BCUT2D eigenvalue weighted by Crippen LogP contribution is -2.34. The summed E-state index contributed by atoms with van der Waals surface area (Å²) in [6, 6.07) is 8.26. The van der Waals surface area contributed by atoms with Gasteiger partial charge in [0.15, 0.2) is 5.16 Å². The highest BCUT2D eigenvalue weighted by Crippen LogP contribution is 2.27. The highest BCUT2D eigenvalue weighted by Gasteiger charge is 2.26. The van der Waals surface area contributed by atoms with Gasteiger partial charge in [0.2, 0.25) is 5.91 Å². The van der Waals surface area contributed by atoms with E-state index in [9.17, 15) is 4.79 Å². The molecule has 122 valence electrons. The fourth-order valence-corrected chi connectivity index (χ4v) is 3.81. The molecule has 1 fully saturated rings. The Kier molecular flexibility index (Phi) is 4.71. The van der Waals surface area contributed by atoms with E-state index in [1.54, 1.807) is 0 Å². The number of rotatable bonds is 4. The summed E-state index contributed by atoms with van der Waals surface area (Å²) in [5, 5.41) is 9.08. The predicted octanol–water partition coefficient (Wildman–Crippen LogP) is 2.99. The van der Waals surface area contributed by atoms with Crippen LogP contribution in [0.15, 0.2) is 29.4 Å². The summed E-state index contributed by atoms with van der Waals surface area (Å²) >= 11 is 1.48. The van der Waals surface area contributed by atoms with Crippen molar-refractivity contribution in [3.63, 3.8) is 0 Å². The maximum absolute atomic E-state index is 12.5. The van der Waals surface area contributed by atoms with E-state index in [0.717, 1.165) is 42.6 Å². The molecule has 1 atom stereocenters. The first-order valence-electron chi connectivity index (χ1n) is 8.01. The molecule has 0 N–H and O–H groups in total. The van der Waals surface area contributed by atoms with Crippen LogP contribution in [0.2, 0.25) is 0 Å². The van der Waals surface area contributed by atoms with Gasteiger partial charge in [0.05, 0.1) is 5.25 Å². The van der Waals surface area contributed by atoms with Gasteiger partial charge in [0, 0.05) is 18.8 Å². The number of likely N-dealkylation sites (tertiary alicyclic amines) is 1. The molecule has 1 aliphatic heterocycles. The molecule has 0 aliphatic carbocycles. The van der Waals surface area contributed by atoms with Crippen LogP contribution in [0, 0.1) is 13.8 Å². The van der Waals surface area contributed by atoms with Crippen molar-refractivity contribution < 1.29 is 4.79 Å². The van der Waals surface area contributed by atoms with Crippen molar-refractivity contribution in [1.82, 2.24) is 19.7 Å². The van der Waals surface area contributed by atoms with E-state index in [4.69, 9.17) is 0 Å².